The fraction of sp³-hybridized carbons (Fsp3) is 0.0909. The summed E-state index contributed by atoms with van der Waals surface area (Å²) in [6, 6.07) is 5.70. The molecular weight excluding hydrogens is 282 g/mol. The molecule has 1 amide bonds. The SMILES string of the molecule is Cc1c(C(=O)N/N=C\c2cccc([N+](=O)[O-])c2)no[n+]1[O-]. The third-order valence-electron chi connectivity index (χ3n) is 2.50. The Labute approximate surface area is 117 Å². The molecule has 1 aromatic carbocycles. The summed E-state index contributed by atoms with van der Waals surface area (Å²) < 4.78 is 4.25. The average Bonchev–Trinajstić information content (AvgIpc) is 2.79. The molecule has 108 valence electrons. The quantitative estimate of drug-likeness (QED) is 0.372. The van der Waals surface area contributed by atoms with Crippen LogP contribution in [0.4, 0.5) is 5.69 Å². The minimum atomic E-state index is -0.729. The molecule has 0 radical (unpaired) electrons. The van der Waals surface area contributed by atoms with E-state index in [2.05, 4.69) is 20.3 Å². The number of carbonyl (C=O) groups is 1. The lowest BCUT2D eigenvalue weighted by atomic mass is 10.2. The molecule has 0 aliphatic heterocycles. The molecule has 0 unspecified atom stereocenters. The van der Waals surface area contributed by atoms with Crippen LogP contribution in [0, 0.1) is 22.2 Å². The number of aromatic nitrogens is 2. The van der Waals surface area contributed by atoms with Gasteiger partial charge in [-0.05, 0) is 4.90 Å². The van der Waals surface area contributed by atoms with Gasteiger partial charge in [-0.25, -0.2) is 5.43 Å². The summed E-state index contributed by atoms with van der Waals surface area (Å²) in [5.74, 6) is -0.729. The van der Waals surface area contributed by atoms with E-state index in [1.807, 2.05) is 0 Å². The van der Waals surface area contributed by atoms with Crippen LogP contribution in [0.25, 0.3) is 0 Å². The number of nitro groups is 1. The molecule has 0 spiro atoms. The minimum Gasteiger partial charge on any atom is -0.359 e. The molecule has 0 bridgehead atoms. The van der Waals surface area contributed by atoms with E-state index in [-0.39, 0.29) is 22.0 Å². The number of nitro benzene ring substituents is 1. The predicted octanol–water partition coefficient (Wildman–Crippen LogP) is 0.289. The zero-order chi connectivity index (χ0) is 15.4. The van der Waals surface area contributed by atoms with Gasteiger partial charge in [0.25, 0.3) is 5.69 Å². The smallest absolute Gasteiger partial charge is 0.322 e. The standard InChI is InChI=1S/C11H9N5O5/c1-7-10(14-21-16(7)20)11(17)13-12-6-8-3-2-4-9(5-8)15(18)19/h2-6H,1H3,(H,13,17)/b12-6-. The molecule has 2 aromatic rings. The maximum Gasteiger partial charge on any atom is 0.322 e. The number of benzene rings is 1. The first-order chi connectivity index (χ1) is 9.99. The molecule has 0 saturated carbocycles. The van der Waals surface area contributed by atoms with Crippen molar-refractivity contribution in [1.82, 2.24) is 10.6 Å². The van der Waals surface area contributed by atoms with Crippen molar-refractivity contribution < 1.29 is 19.2 Å². The highest BCUT2D eigenvalue weighted by atomic mass is 16.8. The Hall–Kier alpha value is -3.30. The van der Waals surface area contributed by atoms with Crippen molar-refractivity contribution in [3.05, 3.63) is 56.5 Å². The van der Waals surface area contributed by atoms with Crippen LogP contribution in [-0.2, 0) is 0 Å². The molecule has 0 atom stereocenters. The molecule has 0 saturated heterocycles. The van der Waals surface area contributed by atoms with Gasteiger partial charge in [0, 0.05) is 24.6 Å². The summed E-state index contributed by atoms with van der Waals surface area (Å²) >= 11 is 0. The lowest BCUT2D eigenvalue weighted by Crippen LogP contribution is -2.28. The Morgan fingerprint density at radius 2 is 2.33 bits per heavy atom. The van der Waals surface area contributed by atoms with E-state index in [1.54, 1.807) is 6.07 Å². The second-order valence-corrected chi connectivity index (χ2v) is 3.92. The number of hydrogen-bond donors (Lipinski definition) is 1. The molecule has 21 heavy (non-hydrogen) atoms. The zero-order valence-corrected chi connectivity index (χ0v) is 10.7. The van der Waals surface area contributed by atoms with Crippen LogP contribution in [0.1, 0.15) is 21.7 Å². The van der Waals surface area contributed by atoms with Crippen LogP contribution in [-0.4, -0.2) is 22.2 Å². The van der Waals surface area contributed by atoms with E-state index in [1.165, 1.54) is 31.3 Å². The number of hydrazone groups is 1. The van der Waals surface area contributed by atoms with Crippen LogP contribution < -0.4 is 10.3 Å². The van der Waals surface area contributed by atoms with Gasteiger partial charge < -0.3 is 5.21 Å². The number of non-ortho nitro benzene ring substituents is 1. The van der Waals surface area contributed by atoms with Crippen LogP contribution >= 0.6 is 0 Å². The summed E-state index contributed by atoms with van der Waals surface area (Å²) in [6.07, 6.45) is 1.23. The van der Waals surface area contributed by atoms with Gasteiger partial charge in [0.05, 0.1) is 16.3 Å². The zero-order valence-electron chi connectivity index (χ0n) is 10.7. The topological polar surface area (TPSA) is 138 Å². The summed E-state index contributed by atoms with van der Waals surface area (Å²) in [6.45, 7) is 1.36. The summed E-state index contributed by atoms with van der Waals surface area (Å²) in [7, 11) is 0. The number of nitrogens with zero attached hydrogens (tertiary/aromatic N) is 4. The summed E-state index contributed by atoms with van der Waals surface area (Å²) in [4.78, 5) is 21.8. The van der Waals surface area contributed by atoms with Crippen LogP contribution in [0.3, 0.4) is 0 Å². The van der Waals surface area contributed by atoms with Crippen molar-refractivity contribution in [3.63, 3.8) is 0 Å². The molecule has 10 nitrogen and oxygen atoms in total. The lowest BCUT2D eigenvalue weighted by Gasteiger charge is -1.95. The maximum atomic E-state index is 11.6. The predicted molar refractivity (Wildman–Crippen MR) is 68.4 cm³/mol. The van der Waals surface area contributed by atoms with Crippen LogP contribution in [0.2, 0.25) is 0 Å². The van der Waals surface area contributed by atoms with Gasteiger partial charge in [0.1, 0.15) is 0 Å². The van der Waals surface area contributed by atoms with Crippen molar-refractivity contribution in [2.75, 3.05) is 0 Å². The van der Waals surface area contributed by atoms with Gasteiger partial charge in [0.2, 0.25) is 5.69 Å². The highest BCUT2D eigenvalue weighted by Gasteiger charge is 2.22. The number of carbonyl (C=O) groups excluding carboxylic acids is 1. The first-order valence-electron chi connectivity index (χ1n) is 5.63. The highest BCUT2D eigenvalue weighted by Crippen LogP contribution is 2.11. The number of amides is 1. The molecule has 0 fully saturated rings. The molecular formula is C11H9N5O5. The Bertz CT molecular complexity index is 724. The Morgan fingerprint density at radius 1 is 1.57 bits per heavy atom. The molecule has 1 aromatic heterocycles. The fourth-order valence-corrected chi connectivity index (χ4v) is 1.43. The lowest BCUT2D eigenvalue weighted by molar-refractivity contribution is -0.806. The molecule has 1 heterocycles. The van der Waals surface area contributed by atoms with E-state index in [0.717, 1.165) is 0 Å². The molecule has 1 N–H and O–H groups in total. The third-order valence-corrected chi connectivity index (χ3v) is 2.50. The average molecular weight is 291 g/mol. The molecule has 10 heteroatoms. The maximum absolute atomic E-state index is 11.6. The van der Waals surface area contributed by atoms with Gasteiger partial charge in [-0.2, -0.15) is 5.10 Å². The van der Waals surface area contributed by atoms with Crippen molar-refractivity contribution in [2.45, 2.75) is 6.92 Å². The monoisotopic (exact) mass is 291 g/mol. The number of rotatable bonds is 4. The van der Waals surface area contributed by atoms with Gasteiger partial charge in [-0.15, -0.1) is 0 Å². The van der Waals surface area contributed by atoms with E-state index >= 15 is 0 Å². The van der Waals surface area contributed by atoms with E-state index in [4.69, 9.17) is 0 Å². The van der Waals surface area contributed by atoms with Crippen molar-refractivity contribution in [2.24, 2.45) is 5.10 Å². The second kappa shape index (κ2) is 5.77. The molecule has 0 aliphatic rings. The van der Waals surface area contributed by atoms with Gasteiger partial charge in [-0.3, -0.25) is 19.5 Å². The first-order valence-corrected chi connectivity index (χ1v) is 5.63. The van der Waals surface area contributed by atoms with Gasteiger partial charge in [0.15, 0.2) is 0 Å². The van der Waals surface area contributed by atoms with Crippen LogP contribution in [0.5, 0.6) is 0 Å². The molecule has 0 aliphatic carbocycles. The van der Waals surface area contributed by atoms with Crippen molar-refractivity contribution in [3.8, 4) is 0 Å². The highest BCUT2D eigenvalue weighted by molar-refractivity contribution is 5.93. The van der Waals surface area contributed by atoms with Gasteiger partial charge in [-0.1, -0.05) is 12.1 Å². The number of hydrogen-bond acceptors (Lipinski definition) is 7. The fourth-order valence-electron chi connectivity index (χ4n) is 1.43. The van der Waals surface area contributed by atoms with E-state index in [0.29, 0.717) is 5.56 Å². The summed E-state index contributed by atoms with van der Waals surface area (Å²) in [5.41, 5.74) is 2.28. The van der Waals surface area contributed by atoms with Crippen molar-refractivity contribution in [1.29, 1.82) is 0 Å². The van der Waals surface area contributed by atoms with E-state index < -0.39 is 10.8 Å². The largest absolute Gasteiger partial charge is 0.359 e. The third kappa shape index (κ3) is 3.18. The normalized spacial score (nSPS) is 10.7. The first kappa shape index (κ1) is 14.1. The van der Waals surface area contributed by atoms with Gasteiger partial charge >= 0.3 is 11.6 Å². The second-order valence-electron chi connectivity index (χ2n) is 3.92. The number of nitrogens with one attached hydrogen (secondary N) is 1. The Balaban J connectivity index is 2.05. The Morgan fingerprint density at radius 3 is 2.95 bits per heavy atom. The van der Waals surface area contributed by atoms with Crippen molar-refractivity contribution >= 4 is 17.8 Å². The molecule has 2 rings (SSSR count). The van der Waals surface area contributed by atoms with Crippen LogP contribution in [0.15, 0.2) is 34.0 Å². The minimum absolute atomic E-state index is 0.00181. The van der Waals surface area contributed by atoms with E-state index in [9.17, 15) is 20.1 Å². The Kier molecular flexibility index (Phi) is 3.88. The summed E-state index contributed by atoms with van der Waals surface area (Å²) in [5, 5.41) is 28.5.